The zero-order valence-electron chi connectivity index (χ0n) is 20.9. The van der Waals surface area contributed by atoms with Crippen LogP contribution in [-0.2, 0) is 32.5 Å². The van der Waals surface area contributed by atoms with Crippen LogP contribution in [0.15, 0.2) is 97.3 Å². The second-order valence-electron chi connectivity index (χ2n) is 9.47. The molecule has 0 N–H and O–H groups in total. The van der Waals surface area contributed by atoms with Crippen LogP contribution in [0.1, 0.15) is 34.6 Å². The Balaban J connectivity index is 1.29. The van der Waals surface area contributed by atoms with E-state index in [1.54, 1.807) is 0 Å². The van der Waals surface area contributed by atoms with Gasteiger partial charge in [0.2, 0.25) is 0 Å². The van der Waals surface area contributed by atoms with E-state index >= 15 is 0 Å². The monoisotopic (exact) mass is 475 g/mol. The van der Waals surface area contributed by atoms with Crippen molar-refractivity contribution < 1.29 is 0 Å². The van der Waals surface area contributed by atoms with Gasteiger partial charge < -0.3 is 4.57 Å². The lowest BCUT2D eigenvalue weighted by atomic mass is 10.1. The molecule has 0 amide bonds. The van der Waals surface area contributed by atoms with Crippen molar-refractivity contribution >= 4 is 10.9 Å². The summed E-state index contributed by atoms with van der Waals surface area (Å²) in [6.07, 6.45) is 4.96. The fraction of sp³-hybridized carbons (Fsp3) is 0.258. The molecule has 0 radical (unpaired) electrons. The first-order valence-electron chi connectivity index (χ1n) is 12.8. The molecule has 0 fully saturated rings. The van der Waals surface area contributed by atoms with Crippen LogP contribution in [0, 0.1) is 6.92 Å². The normalized spacial score (nSPS) is 11.4. The third kappa shape index (κ3) is 6.43. The molecule has 5 heteroatoms. The average Bonchev–Trinajstić information content (AvgIpc) is 3.35. The quantitative estimate of drug-likeness (QED) is 0.235. The first-order chi connectivity index (χ1) is 17.7. The van der Waals surface area contributed by atoms with Crippen LogP contribution in [0.5, 0.6) is 0 Å². The molecule has 2 heterocycles. The summed E-state index contributed by atoms with van der Waals surface area (Å²) in [6, 6.07) is 32.1. The molecule has 0 spiro atoms. The minimum atomic E-state index is 0.742. The molecule has 5 rings (SSSR count). The number of hydrogen-bond donors (Lipinski definition) is 0. The highest BCUT2D eigenvalue weighted by Crippen LogP contribution is 2.15. The molecule has 0 aliphatic rings. The van der Waals surface area contributed by atoms with Gasteiger partial charge in [-0.25, -0.2) is 0 Å². The molecule has 0 saturated carbocycles. The van der Waals surface area contributed by atoms with Crippen molar-refractivity contribution in [3.63, 3.8) is 0 Å². The number of aryl methyl sites for hydroxylation is 3. The lowest BCUT2D eigenvalue weighted by Crippen LogP contribution is -2.27. The molecule has 0 bridgehead atoms. The standard InChI is InChI=1S/C31H33N5/c1-25-13-15-27(16-14-25)19-21-35(22-29-18-17-28-11-5-6-12-30(28)33-29)23-31-34-32-24-36(31)20-7-10-26-8-3-2-4-9-26/h2-6,8-9,11-18,24H,7,10,19-23H2,1H3. The van der Waals surface area contributed by atoms with E-state index in [9.17, 15) is 0 Å². The molecule has 0 aliphatic carbocycles. The largest absolute Gasteiger partial charge is 0.316 e. The van der Waals surface area contributed by atoms with Gasteiger partial charge in [0.05, 0.1) is 17.8 Å². The van der Waals surface area contributed by atoms with E-state index in [2.05, 4.69) is 112 Å². The van der Waals surface area contributed by atoms with Crippen LogP contribution in [0.2, 0.25) is 0 Å². The number of benzene rings is 3. The zero-order chi connectivity index (χ0) is 24.6. The van der Waals surface area contributed by atoms with E-state index in [1.165, 1.54) is 22.1 Å². The van der Waals surface area contributed by atoms with E-state index in [0.717, 1.165) is 62.5 Å². The topological polar surface area (TPSA) is 46.8 Å². The Morgan fingerprint density at radius 2 is 1.53 bits per heavy atom. The average molecular weight is 476 g/mol. The predicted octanol–water partition coefficient (Wildman–Crippen LogP) is 6.01. The van der Waals surface area contributed by atoms with Gasteiger partial charge in [-0.3, -0.25) is 9.88 Å². The van der Waals surface area contributed by atoms with Crippen molar-refractivity contribution in [1.82, 2.24) is 24.6 Å². The summed E-state index contributed by atoms with van der Waals surface area (Å²) in [5.41, 5.74) is 6.13. The molecule has 36 heavy (non-hydrogen) atoms. The molecule has 0 aliphatic heterocycles. The van der Waals surface area contributed by atoms with Gasteiger partial charge in [-0.2, -0.15) is 0 Å². The number of para-hydroxylation sites is 1. The van der Waals surface area contributed by atoms with Crippen LogP contribution in [0.4, 0.5) is 0 Å². The second kappa shape index (κ2) is 11.7. The van der Waals surface area contributed by atoms with Gasteiger partial charge in [0.25, 0.3) is 0 Å². The summed E-state index contributed by atoms with van der Waals surface area (Å²) in [5, 5.41) is 9.91. The Bertz CT molecular complexity index is 1380. The second-order valence-corrected chi connectivity index (χ2v) is 9.47. The molecule has 0 unspecified atom stereocenters. The molecular weight excluding hydrogens is 442 g/mol. The highest BCUT2D eigenvalue weighted by atomic mass is 15.3. The van der Waals surface area contributed by atoms with E-state index in [0.29, 0.717) is 0 Å². The van der Waals surface area contributed by atoms with Gasteiger partial charge in [0, 0.05) is 25.0 Å². The minimum Gasteiger partial charge on any atom is -0.316 e. The smallest absolute Gasteiger partial charge is 0.147 e. The number of nitrogens with zero attached hydrogens (tertiary/aromatic N) is 5. The molecule has 2 aromatic heterocycles. The van der Waals surface area contributed by atoms with Crippen molar-refractivity contribution in [3.05, 3.63) is 126 Å². The van der Waals surface area contributed by atoms with Crippen molar-refractivity contribution in [2.75, 3.05) is 6.54 Å². The van der Waals surface area contributed by atoms with E-state index in [4.69, 9.17) is 4.98 Å². The third-order valence-corrected chi connectivity index (χ3v) is 6.65. The van der Waals surface area contributed by atoms with E-state index < -0.39 is 0 Å². The maximum Gasteiger partial charge on any atom is 0.147 e. The highest BCUT2D eigenvalue weighted by Gasteiger charge is 2.14. The van der Waals surface area contributed by atoms with Gasteiger partial charge >= 0.3 is 0 Å². The third-order valence-electron chi connectivity index (χ3n) is 6.65. The van der Waals surface area contributed by atoms with Crippen LogP contribution in [0.25, 0.3) is 10.9 Å². The lowest BCUT2D eigenvalue weighted by molar-refractivity contribution is 0.246. The first-order valence-corrected chi connectivity index (χ1v) is 12.8. The highest BCUT2D eigenvalue weighted by molar-refractivity contribution is 5.78. The SMILES string of the molecule is Cc1ccc(CCN(Cc2ccc3ccccc3n2)Cc2nncn2CCCc2ccccc2)cc1. The van der Waals surface area contributed by atoms with Crippen molar-refractivity contribution in [2.24, 2.45) is 0 Å². The van der Waals surface area contributed by atoms with Crippen LogP contribution in [0.3, 0.4) is 0 Å². The molecule has 5 aromatic rings. The summed E-state index contributed by atoms with van der Waals surface area (Å²) in [6.45, 7) is 5.48. The van der Waals surface area contributed by atoms with Crippen molar-refractivity contribution in [1.29, 1.82) is 0 Å². The number of fused-ring (bicyclic) bond motifs is 1. The Morgan fingerprint density at radius 1 is 0.750 bits per heavy atom. The Kier molecular flexibility index (Phi) is 7.79. The first kappa shape index (κ1) is 23.9. The molecule has 0 atom stereocenters. The number of hydrogen-bond acceptors (Lipinski definition) is 4. The zero-order valence-corrected chi connectivity index (χ0v) is 20.9. The van der Waals surface area contributed by atoms with Gasteiger partial charge in [-0.1, -0.05) is 84.4 Å². The van der Waals surface area contributed by atoms with Gasteiger partial charge in [-0.05, 0) is 49.4 Å². The maximum absolute atomic E-state index is 4.93. The summed E-state index contributed by atoms with van der Waals surface area (Å²) >= 11 is 0. The van der Waals surface area contributed by atoms with Crippen LogP contribution in [-0.4, -0.2) is 31.2 Å². The predicted molar refractivity (Wildman–Crippen MR) is 146 cm³/mol. The molecular formula is C31H33N5. The Morgan fingerprint density at radius 3 is 2.39 bits per heavy atom. The molecule has 0 saturated heterocycles. The van der Waals surface area contributed by atoms with Crippen molar-refractivity contribution in [2.45, 2.75) is 45.8 Å². The summed E-state index contributed by atoms with van der Waals surface area (Å²) in [7, 11) is 0. The van der Waals surface area contributed by atoms with Gasteiger partial charge in [0.15, 0.2) is 0 Å². The fourth-order valence-electron chi connectivity index (χ4n) is 4.57. The lowest BCUT2D eigenvalue weighted by Gasteiger charge is -2.22. The van der Waals surface area contributed by atoms with Crippen molar-refractivity contribution in [3.8, 4) is 0 Å². The molecule has 5 nitrogen and oxygen atoms in total. The molecule has 3 aromatic carbocycles. The van der Waals surface area contributed by atoms with E-state index in [1.807, 2.05) is 12.4 Å². The van der Waals surface area contributed by atoms with E-state index in [-0.39, 0.29) is 0 Å². The number of pyridine rings is 1. The fourth-order valence-corrected chi connectivity index (χ4v) is 4.57. The summed E-state index contributed by atoms with van der Waals surface area (Å²) in [4.78, 5) is 7.37. The maximum atomic E-state index is 4.93. The van der Waals surface area contributed by atoms with Gasteiger partial charge in [-0.15, -0.1) is 10.2 Å². The Hall–Kier alpha value is -3.83. The van der Waals surface area contributed by atoms with Crippen LogP contribution >= 0.6 is 0 Å². The van der Waals surface area contributed by atoms with Gasteiger partial charge in [0.1, 0.15) is 12.2 Å². The minimum absolute atomic E-state index is 0.742. The van der Waals surface area contributed by atoms with Crippen LogP contribution < -0.4 is 0 Å². The summed E-state index contributed by atoms with van der Waals surface area (Å²) in [5.74, 6) is 1.01. The number of aromatic nitrogens is 4. The Labute approximate surface area is 213 Å². The molecule has 182 valence electrons. The number of rotatable bonds is 11. The summed E-state index contributed by atoms with van der Waals surface area (Å²) < 4.78 is 2.20.